The monoisotopic (exact) mass is 384 g/mol. The van der Waals surface area contributed by atoms with E-state index in [1.807, 2.05) is 26.0 Å². The van der Waals surface area contributed by atoms with E-state index in [2.05, 4.69) is 10.3 Å². The molecule has 3 rings (SSSR count). The van der Waals surface area contributed by atoms with Gasteiger partial charge in [-0.25, -0.2) is 0 Å². The second-order valence-corrected chi connectivity index (χ2v) is 7.10. The van der Waals surface area contributed by atoms with Gasteiger partial charge in [0.1, 0.15) is 6.54 Å². The molecule has 2 heterocycles. The Labute approximate surface area is 161 Å². The lowest BCUT2D eigenvalue weighted by molar-refractivity contribution is -0.389. The van der Waals surface area contributed by atoms with Crippen LogP contribution in [0.5, 0.6) is 5.75 Å². The Kier molecular flexibility index (Phi) is 4.76. The minimum atomic E-state index is -1.23. The molecule has 1 aromatic carbocycles. The van der Waals surface area contributed by atoms with Crippen LogP contribution in [0, 0.1) is 24.0 Å². The minimum Gasteiger partial charge on any atom is -0.472 e. The quantitative estimate of drug-likeness (QED) is 0.640. The van der Waals surface area contributed by atoms with Gasteiger partial charge in [-0.05, 0) is 66.9 Å². The Hall–Kier alpha value is -3.49. The van der Waals surface area contributed by atoms with Gasteiger partial charge in [0.25, 0.3) is 11.7 Å². The number of anilines is 2. The van der Waals surface area contributed by atoms with E-state index < -0.39 is 28.2 Å². The summed E-state index contributed by atoms with van der Waals surface area (Å²) in [4.78, 5) is 40.7. The second kappa shape index (κ2) is 6.91. The van der Waals surface area contributed by atoms with Crippen molar-refractivity contribution in [3.8, 4) is 5.75 Å². The van der Waals surface area contributed by atoms with Gasteiger partial charge in [0.15, 0.2) is 11.4 Å². The Morgan fingerprint density at radius 3 is 2.61 bits per heavy atom. The summed E-state index contributed by atoms with van der Waals surface area (Å²) in [6, 6.07) is 8.05. The Bertz CT molecular complexity index is 986. The molecule has 0 spiro atoms. The van der Waals surface area contributed by atoms with E-state index in [4.69, 9.17) is 4.74 Å². The van der Waals surface area contributed by atoms with Crippen LogP contribution >= 0.6 is 0 Å². The van der Waals surface area contributed by atoms with Gasteiger partial charge in [0, 0.05) is 11.8 Å². The molecule has 0 unspecified atom stereocenters. The van der Waals surface area contributed by atoms with Crippen LogP contribution in [-0.2, 0) is 9.59 Å². The first-order valence-corrected chi connectivity index (χ1v) is 8.62. The summed E-state index contributed by atoms with van der Waals surface area (Å²) in [7, 11) is 0. The van der Waals surface area contributed by atoms with Gasteiger partial charge >= 0.3 is 5.82 Å². The number of nitro groups is 1. The van der Waals surface area contributed by atoms with Gasteiger partial charge in [-0.2, -0.15) is 0 Å². The molecular weight excluding hydrogens is 364 g/mol. The van der Waals surface area contributed by atoms with Crippen molar-refractivity contribution >= 4 is 29.1 Å². The normalized spacial score (nSPS) is 14.9. The number of benzene rings is 1. The van der Waals surface area contributed by atoms with Gasteiger partial charge in [0.2, 0.25) is 5.91 Å². The highest BCUT2D eigenvalue weighted by molar-refractivity contribution is 6.07. The van der Waals surface area contributed by atoms with Crippen LogP contribution in [-0.4, -0.2) is 33.9 Å². The third-order valence-electron chi connectivity index (χ3n) is 4.49. The molecule has 0 saturated heterocycles. The van der Waals surface area contributed by atoms with E-state index in [-0.39, 0.29) is 18.1 Å². The maximum atomic E-state index is 12.8. The number of nitrogens with zero attached hydrogens (tertiary/aromatic N) is 3. The number of rotatable bonds is 4. The van der Waals surface area contributed by atoms with E-state index in [0.717, 1.165) is 16.0 Å². The number of amides is 2. The Balaban J connectivity index is 1.90. The lowest BCUT2D eigenvalue weighted by Gasteiger charge is -2.35. The molecule has 9 nitrogen and oxygen atoms in total. The molecule has 0 saturated carbocycles. The van der Waals surface area contributed by atoms with Crippen LogP contribution < -0.4 is 15.0 Å². The molecule has 0 atom stereocenters. The number of carbonyl (C=O) groups is 2. The number of hydrogen-bond donors (Lipinski definition) is 1. The zero-order valence-corrected chi connectivity index (χ0v) is 16.0. The topological polar surface area (TPSA) is 115 Å². The van der Waals surface area contributed by atoms with E-state index in [1.165, 1.54) is 12.1 Å². The fourth-order valence-corrected chi connectivity index (χ4v) is 2.85. The molecule has 0 aliphatic carbocycles. The van der Waals surface area contributed by atoms with Crippen molar-refractivity contribution in [3.05, 3.63) is 51.6 Å². The maximum absolute atomic E-state index is 12.8. The standard InChI is InChI=1S/C19H20N4O5/c1-11-5-6-13(9-12(11)2)20-16(24)10-22-17-14(28-19(3,4)18(22)25)7-8-15(21-17)23(26)27/h5-9H,10H2,1-4H3,(H,20,24). The van der Waals surface area contributed by atoms with Crippen molar-refractivity contribution in [1.29, 1.82) is 0 Å². The maximum Gasteiger partial charge on any atom is 0.366 e. The summed E-state index contributed by atoms with van der Waals surface area (Å²) in [5, 5.41) is 13.8. The average molecular weight is 384 g/mol. The highest BCUT2D eigenvalue weighted by Crippen LogP contribution is 2.37. The third kappa shape index (κ3) is 3.64. The summed E-state index contributed by atoms with van der Waals surface area (Å²) in [6.45, 7) is 6.67. The number of aryl methyl sites for hydroxylation is 2. The number of carbonyl (C=O) groups excluding carboxylic acids is 2. The van der Waals surface area contributed by atoms with Crippen molar-refractivity contribution in [1.82, 2.24) is 4.98 Å². The molecule has 9 heteroatoms. The van der Waals surface area contributed by atoms with Crippen LogP contribution in [0.25, 0.3) is 0 Å². The van der Waals surface area contributed by atoms with Crippen molar-refractivity contribution in [2.45, 2.75) is 33.3 Å². The summed E-state index contributed by atoms with van der Waals surface area (Å²) >= 11 is 0. The highest BCUT2D eigenvalue weighted by Gasteiger charge is 2.45. The van der Waals surface area contributed by atoms with Crippen LogP contribution in [0.15, 0.2) is 30.3 Å². The lowest BCUT2D eigenvalue weighted by atomic mass is 10.1. The lowest BCUT2D eigenvalue weighted by Crippen LogP contribution is -2.54. The Morgan fingerprint density at radius 2 is 1.96 bits per heavy atom. The molecule has 0 bridgehead atoms. The van der Waals surface area contributed by atoms with Gasteiger partial charge in [-0.3, -0.25) is 14.5 Å². The van der Waals surface area contributed by atoms with E-state index in [1.54, 1.807) is 19.9 Å². The molecule has 0 radical (unpaired) electrons. The number of ether oxygens (including phenoxy) is 1. The summed E-state index contributed by atoms with van der Waals surface area (Å²) < 4.78 is 5.62. The first-order valence-electron chi connectivity index (χ1n) is 8.62. The molecule has 1 aromatic heterocycles. The van der Waals surface area contributed by atoms with E-state index in [9.17, 15) is 19.7 Å². The number of fused-ring (bicyclic) bond motifs is 1. The molecule has 28 heavy (non-hydrogen) atoms. The molecule has 0 fully saturated rings. The minimum absolute atomic E-state index is 0.0474. The fraction of sp³-hybridized carbons (Fsp3) is 0.316. The van der Waals surface area contributed by atoms with Gasteiger partial charge < -0.3 is 20.2 Å². The largest absolute Gasteiger partial charge is 0.472 e. The Morgan fingerprint density at radius 1 is 1.25 bits per heavy atom. The molecule has 1 aliphatic heterocycles. The molecule has 1 N–H and O–H groups in total. The predicted molar refractivity (Wildman–Crippen MR) is 102 cm³/mol. The molecular formula is C19H20N4O5. The number of aromatic nitrogens is 1. The van der Waals surface area contributed by atoms with Crippen molar-refractivity contribution < 1.29 is 19.2 Å². The zero-order chi connectivity index (χ0) is 20.6. The van der Waals surface area contributed by atoms with E-state index >= 15 is 0 Å². The van der Waals surface area contributed by atoms with Crippen molar-refractivity contribution in [2.24, 2.45) is 0 Å². The summed E-state index contributed by atoms with van der Waals surface area (Å²) in [5.41, 5.74) is 1.48. The fourth-order valence-electron chi connectivity index (χ4n) is 2.85. The average Bonchev–Trinajstić information content (AvgIpc) is 2.61. The first-order chi connectivity index (χ1) is 13.1. The molecule has 2 aromatic rings. The molecule has 2 amide bonds. The first kappa shape index (κ1) is 19.3. The van der Waals surface area contributed by atoms with Crippen LogP contribution in [0.1, 0.15) is 25.0 Å². The zero-order valence-electron chi connectivity index (χ0n) is 16.0. The summed E-state index contributed by atoms with van der Waals surface area (Å²) in [6.07, 6.45) is 0. The number of hydrogen-bond acceptors (Lipinski definition) is 6. The predicted octanol–water partition coefficient (Wildman–Crippen LogP) is 2.75. The molecule has 1 aliphatic rings. The van der Waals surface area contributed by atoms with Crippen molar-refractivity contribution in [3.63, 3.8) is 0 Å². The molecule has 146 valence electrons. The van der Waals surface area contributed by atoms with Gasteiger partial charge in [0.05, 0.1) is 0 Å². The van der Waals surface area contributed by atoms with E-state index in [0.29, 0.717) is 5.69 Å². The van der Waals surface area contributed by atoms with Crippen LogP contribution in [0.3, 0.4) is 0 Å². The van der Waals surface area contributed by atoms with Crippen molar-refractivity contribution in [2.75, 3.05) is 16.8 Å². The highest BCUT2D eigenvalue weighted by atomic mass is 16.6. The van der Waals surface area contributed by atoms with Gasteiger partial charge in [-0.15, -0.1) is 0 Å². The third-order valence-corrected chi connectivity index (χ3v) is 4.49. The second-order valence-electron chi connectivity index (χ2n) is 7.10. The number of nitrogens with one attached hydrogen (secondary N) is 1. The summed E-state index contributed by atoms with van der Waals surface area (Å²) in [5.74, 6) is -1.24. The van der Waals surface area contributed by atoms with Crippen LogP contribution in [0.2, 0.25) is 0 Å². The number of pyridine rings is 1. The smallest absolute Gasteiger partial charge is 0.366 e. The van der Waals surface area contributed by atoms with Crippen LogP contribution in [0.4, 0.5) is 17.3 Å². The van der Waals surface area contributed by atoms with Gasteiger partial charge in [-0.1, -0.05) is 6.07 Å². The SMILES string of the molecule is Cc1ccc(NC(=O)CN2C(=O)C(C)(C)Oc3ccc([N+](=O)[O-])nc32)cc1C.